The van der Waals surface area contributed by atoms with Gasteiger partial charge < -0.3 is 9.90 Å². The third-order valence-electron chi connectivity index (χ3n) is 1.34. The highest BCUT2D eigenvalue weighted by atomic mass is 32.2. The molecule has 0 radical (unpaired) electrons. The van der Waals surface area contributed by atoms with Gasteiger partial charge in [0.1, 0.15) is 11.8 Å². The minimum absolute atomic E-state index is 0.0177. The van der Waals surface area contributed by atoms with Crippen LogP contribution in [0.2, 0.25) is 0 Å². The van der Waals surface area contributed by atoms with Crippen molar-refractivity contribution in [1.82, 2.24) is 4.72 Å². The highest BCUT2D eigenvalue weighted by Crippen LogP contribution is 2.01. The molecule has 0 heterocycles. The van der Waals surface area contributed by atoms with Crippen molar-refractivity contribution in [3.05, 3.63) is 0 Å². The Bertz CT molecular complexity index is 172. The number of nitrogens with one attached hydrogen (secondary N) is 1. The molecular formula is C7H13NO3S. The molecule has 1 atom stereocenters. The number of carboxylic acid groups (broad SMARTS) is 1. The molecule has 0 aromatic rings. The third-order valence-corrected chi connectivity index (χ3v) is 1.86. The number of hydrogen-bond donors (Lipinski definition) is 2. The lowest BCUT2D eigenvalue weighted by molar-refractivity contribution is -0.139. The van der Waals surface area contributed by atoms with Crippen LogP contribution in [0.25, 0.3) is 0 Å². The summed E-state index contributed by atoms with van der Waals surface area (Å²) in [6.07, 6.45) is 2.42. The number of carbonyl (C=O) groups excluding carboxylic acids is 1. The summed E-state index contributed by atoms with van der Waals surface area (Å²) in [7, 11) is 0. The van der Waals surface area contributed by atoms with Crippen LogP contribution in [0.1, 0.15) is 19.8 Å². The van der Waals surface area contributed by atoms with Gasteiger partial charge in [-0.25, -0.2) is 0 Å². The smallest absolute Gasteiger partial charge is 0.321 e. The van der Waals surface area contributed by atoms with Gasteiger partial charge in [-0.05, 0) is 19.6 Å². The quantitative estimate of drug-likeness (QED) is 0.604. The van der Waals surface area contributed by atoms with Gasteiger partial charge in [-0.3, -0.25) is 9.52 Å². The fourth-order valence-corrected chi connectivity index (χ4v) is 1.23. The summed E-state index contributed by atoms with van der Waals surface area (Å²) >= 11 is 1.25. The van der Waals surface area contributed by atoms with Gasteiger partial charge in [-0.15, -0.1) is 0 Å². The molecule has 0 aliphatic rings. The molecule has 2 N–H and O–H groups in total. The monoisotopic (exact) mass is 191 g/mol. The van der Waals surface area contributed by atoms with Crippen LogP contribution in [0.4, 0.5) is 0 Å². The zero-order valence-corrected chi connectivity index (χ0v) is 7.98. The zero-order chi connectivity index (χ0) is 9.56. The SMILES string of the molecule is CSNC(CCC(C)=O)C(=O)O. The second kappa shape index (κ2) is 6.02. The van der Waals surface area contributed by atoms with Crippen LogP contribution in [-0.4, -0.2) is 29.2 Å². The summed E-state index contributed by atoms with van der Waals surface area (Å²) < 4.78 is 2.70. The molecule has 0 saturated carbocycles. The van der Waals surface area contributed by atoms with Crippen LogP contribution in [0.5, 0.6) is 0 Å². The average molecular weight is 191 g/mol. The molecule has 0 saturated heterocycles. The lowest BCUT2D eigenvalue weighted by atomic mass is 10.1. The van der Waals surface area contributed by atoms with E-state index in [2.05, 4.69) is 4.72 Å². The lowest BCUT2D eigenvalue weighted by Crippen LogP contribution is -2.32. The van der Waals surface area contributed by atoms with E-state index in [-0.39, 0.29) is 5.78 Å². The lowest BCUT2D eigenvalue weighted by Gasteiger charge is -2.10. The molecular weight excluding hydrogens is 178 g/mol. The standard InChI is InChI=1S/C7H13NO3S/c1-5(9)3-4-6(7(10)11)8-12-2/h6,8H,3-4H2,1-2H3,(H,10,11). The molecule has 0 aromatic carbocycles. The molecule has 0 aliphatic carbocycles. The van der Waals surface area contributed by atoms with Crippen molar-refractivity contribution in [3.8, 4) is 0 Å². The average Bonchev–Trinajstić information content (AvgIpc) is 1.96. The molecule has 1 unspecified atom stereocenters. The molecule has 12 heavy (non-hydrogen) atoms. The second-order valence-corrected chi connectivity index (χ2v) is 3.10. The number of carboxylic acids is 1. The Kier molecular flexibility index (Phi) is 5.74. The summed E-state index contributed by atoms with van der Waals surface area (Å²) in [5.41, 5.74) is 0. The molecule has 0 amide bonds. The molecule has 0 fully saturated rings. The Morgan fingerprint density at radius 2 is 2.17 bits per heavy atom. The maximum absolute atomic E-state index is 10.5. The van der Waals surface area contributed by atoms with Crippen molar-refractivity contribution in [1.29, 1.82) is 0 Å². The second-order valence-electron chi connectivity index (χ2n) is 2.45. The van der Waals surface area contributed by atoms with Crippen molar-refractivity contribution >= 4 is 23.7 Å². The minimum Gasteiger partial charge on any atom is -0.480 e. The topological polar surface area (TPSA) is 66.4 Å². The van der Waals surface area contributed by atoms with E-state index < -0.39 is 12.0 Å². The highest BCUT2D eigenvalue weighted by Gasteiger charge is 2.16. The van der Waals surface area contributed by atoms with Crippen molar-refractivity contribution in [3.63, 3.8) is 0 Å². The number of carbonyl (C=O) groups is 2. The maximum atomic E-state index is 10.5. The molecule has 4 nitrogen and oxygen atoms in total. The van der Waals surface area contributed by atoms with Crippen molar-refractivity contribution < 1.29 is 14.7 Å². The molecule has 0 spiro atoms. The van der Waals surface area contributed by atoms with E-state index in [1.54, 1.807) is 6.26 Å². The van der Waals surface area contributed by atoms with Crippen LogP contribution in [0.3, 0.4) is 0 Å². The van der Waals surface area contributed by atoms with Crippen molar-refractivity contribution in [2.24, 2.45) is 0 Å². The molecule has 0 aromatic heterocycles. The summed E-state index contributed by atoms with van der Waals surface area (Å²) in [5.74, 6) is -0.894. The first-order valence-electron chi connectivity index (χ1n) is 3.58. The molecule has 0 bridgehead atoms. The molecule has 0 aliphatic heterocycles. The van der Waals surface area contributed by atoms with Gasteiger partial charge in [0.25, 0.3) is 0 Å². The largest absolute Gasteiger partial charge is 0.480 e. The number of rotatable bonds is 6. The Hall–Kier alpha value is -0.550. The van der Waals surface area contributed by atoms with Crippen molar-refractivity contribution in [2.75, 3.05) is 6.26 Å². The third kappa shape index (κ3) is 5.15. The summed E-state index contributed by atoms with van der Waals surface area (Å²) in [6, 6.07) is -0.621. The highest BCUT2D eigenvalue weighted by molar-refractivity contribution is 7.96. The number of aliphatic carboxylic acids is 1. The Balaban J connectivity index is 3.79. The van der Waals surface area contributed by atoms with E-state index in [1.165, 1.54) is 18.9 Å². The Morgan fingerprint density at radius 1 is 1.58 bits per heavy atom. The normalized spacial score (nSPS) is 12.5. The van der Waals surface area contributed by atoms with Crippen LogP contribution in [0.15, 0.2) is 0 Å². The molecule has 5 heteroatoms. The van der Waals surface area contributed by atoms with Gasteiger partial charge >= 0.3 is 5.97 Å². The number of hydrogen-bond acceptors (Lipinski definition) is 4. The summed E-state index contributed by atoms with van der Waals surface area (Å²) in [5, 5.41) is 8.63. The molecule has 70 valence electrons. The van der Waals surface area contributed by atoms with Crippen LogP contribution >= 0.6 is 11.9 Å². The van der Waals surface area contributed by atoms with Crippen LogP contribution < -0.4 is 4.72 Å². The van der Waals surface area contributed by atoms with E-state index in [4.69, 9.17) is 5.11 Å². The van der Waals surface area contributed by atoms with Gasteiger partial charge in [0.05, 0.1) is 0 Å². The van der Waals surface area contributed by atoms with E-state index in [0.29, 0.717) is 12.8 Å². The summed E-state index contributed by atoms with van der Waals surface area (Å²) in [4.78, 5) is 21.1. The van der Waals surface area contributed by atoms with Gasteiger partial charge in [0.15, 0.2) is 0 Å². The minimum atomic E-state index is -0.911. The van der Waals surface area contributed by atoms with Crippen LogP contribution in [-0.2, 0) is 9.59 Å². The maximum Gasteiger partial charge on any atom is 0.321 e. The van der Waals surface area contributed by atoms with E-state index in [0.717, 1.165) is 0 Å². The van der Waals surface area contributed by atoms with E-state index >= 15 is 0 Å². The predicted octanol–water partition coefficient (Wildman–Crippen LogP) is 0.676. The summed E-state index contributed by atoms with van der Waals surface area (Å²) in [6.45, 7) is 1.46. The van der Waals surface area contributed by atoms with Gasteiger partial charge in [-0.2, -0.15) is 0 Å². The predicted molar refractivity (Wildman–Crippen MR) is 48.0 cm³/mol. The fraction of sp³-hybridized carbons (Fsp3) is 0.714. The van der Waals surface area contributed by atoms with Crippen molar-refractivity contribution in [2.45, 2.75) is 25.8 Å². The van der Waals surface area contributed by atoms with Gasteiger partial charge in [-0.1, -0.05) is 11.9 Å². The molecule has 0 rings (SSSR count). The first-order chi connectivity index (χ1) is 5.57. The van der Waals surface area contributed by atoms with Gasteiger partial charge in [0.2, 0.25) is 0 Å². The Labute approximate surface area is 75.9 Å². The van der Waals surface area contributed by atoms with Gasteiger partial charge in [0, 0.05) is 6.42 Å². The zero-order valence-electron chi connectivity index (χ0n) is 7.16. The number of ketones is 1. The Morgan fingerprint density at radius 3 is 2.50 bits per heavy atom. The van der Waals surface area contributed by atoms with Crippen LogP contribution in [0, 0.1) is 0 Å². The first-order valence-corrected chi connectivity index (χ1v) is 4.81. The van der Waals surface area contributed by atoms with E-state index in [9.17, 15) is 9.59 Å². The fourth-order valence-electron chi connectivity index (χ4n) is 0.723. The number of Topliss-reactive ketones (excluding diaryl/α,β-unsaturated/α-hetero) is 1. The first kappa shape index (κ1) is 11.4. The van der Waals surface area contributed by atoms with E-state index in [1.807, 2.05) is 0 Å².